The van der Waals surface area contributed by atoms with Gasteiger partial charge in [-0.1, -0.05) is 25.5 Å². The maximum absolute atomic E-state index is 14.9. The molecule has 3 aliphatic heterocycles. The Bertz CT molecular complexity index is 976. The van der Waals surface area contributed by atoms with Gasteiger partial charge in [0.05, 0.1) is 26.1 Å². The van der Waals surface area contributed by atoms with Crippen LogP contribution in [0.15, 0.2) is 42.7 Å². The molecule has 3 fully saturated rings. The Hall–Kier alpha value is -2.49. The molecule has 32 heavy (non-hydrogen) atoms. The van der Waals surface area contributed by atoms with Gasteiger partial charge in [0, 0.05) is 22.6 Å². The Morgan fingerprint density at radius 2 is 1.59 bits per heavy atom. The molecule has 0 atom stereocenters. The lowest BCUT2D eigenvalue weighted by molar-refractivity contribution is -0.480. The third-order valence-electron chi connectivity index (χ3n) is 5.53. The number of allylic oxidation sites excluding steroid dienone is 1. The van der Waals surface area contributed by atoms with Gasteiger partial charge in [-0.3, -0.25) is 0 Å². The van der Waals surface area contributed by atoms with Gasteiger partial charge in [-0.2, -0.15) is 0 Å². The van der Waals surface area contributed by atoms with Crippen LogP contribution in [0.4, 0.5) is 22.0 Å². The molecular formula is C23H21F5O4. The molecular weight excluding hydrogens is 435 g/mol. The molecule has 5 rings (SSSR count). The van der Waals surface area contributed by atoms with Gasteiger partial charge >= 0.3 is 5.97 Å². The number of alkyl halides is 2. The van der Waals surface area contributed by atoms with E-state index < -0.39 is 35.6 Å². The standard InChI is InChI=1S/C23H21F5O4/c1-2-6-22-11-30-23(31-12-22,32-13-22)15-3-4-16(17(24)10-15)14-8-18(25)21(19(26)9-14)29-7-5-20(27)28/h3-5,7-10,20H,2,6,11-13H2,1H3. The monoisotopic (exact) mass is 456 g/mol. The molecule has 0 amide bonds. The number of halogens is 5. The van der Waals surface area contributed by atoms with Gasteiger partial charge in [-0.05, 0) is 30.2 Å². The highest BCUT2D eigenvalue weighted by Crippen LogP contribution is 2.46. The van der Waals surface area contributed by atoms with E-state index in [-0.39, 0.29) is 16.5 Å². The smallest absolute Gasteiger partial charge is 0.312 e. The van der Waals surface area contributed by atoms with Gasteiger partial charge in [0.1, 0.15) is 5.82 Å². The molecule has 4 nitrogen and oxygen atoms in total. The van der Waals surface area contributed by atoms with Crippen molar-refractivity contribution >= 4 is 0 Å². The molecule has 0 spiro atoms. The predicted octanol–water partition coefficient (Wildman–Crippen LogP) is 5.90. The van der Waals surface area contributed by atoms with Gasteiger partial charge in [-0.15, -0.1) is 0 Å². The maximum atomic E-state index is 14.9. The number of benzene rings is 2. The van der Waals surface area contributed by atoms with Crippen molar-refractivity contribution in [3.8, 4) is 16.9 Å². The van der Waals surface area contributed by atoms with Crippen molar-refractivity contribution in [1.29, 1.82) is 0 Å². The van der Waals surface area contributed by atoms with Crippen molar-refractivity contribution in [2.75, 3.05) is 19.8 Å². The highest BCUT2D eigenvalue weighted by Gasteiger charge is 2.53. The largest absolute Gasteiger partial charge is 0.459 e. The number of fused-ring (bicyclic) bond motifs is 3. The van der Waals surface area contributed by atoms with Gasteiger partial charge < -0.3 is 18.9 Å². The predicted molar refractivity (Wildman–Crippen MR) is 104 cm³/mol. The summed E-state index contributed by atoms with van der Waals surface area (Å²) >= 11 is 0. The van der Waals surface area contributed by atoms with E-state index in [2.05, 4.69) is 11.7 Å². The van der Waals surface area contributed by atoms with Gasteiger partial charge in [0.15, 0.2) is 17.4 Å². The van der Waals surface area contributed by atoms with E-state index in [9.17, 15) is 22.0 Å². The lowest BCUT2D eigenvalue weighted by Crippen LogP contribution is -2.58. The second-order valence-electron chi connectivity index (χ2n) is 7.92. The Morgan fingerprint density at radius 1 is 0.969 bits per heavy atom. The average Bonchev–Trinajstić information content (AvgIpc) is 2.76. The van der Waals surface area contributed by atoms with Crippen molar-refractivity contribution in [3.05, 3.63) is 65.7 Å². The summed E-state index contributed by atoms with van der Waals surface area (Å²) in [7, 11) is 0. The Kier molecular flexibility index (Phi) is 6.24. The normalized spacial score (nSPS) is 25.1. The van der Waals surface area contributed by atoms with E-state index in [4.69, 9.17) is 14.2 Å². The minimum Gasteiger partial charge on any atom is -0.459 e. The van der Waals surface area contributed by atoms with Crippen LogP contribution in [0.3, 0.4) is 0 Å². The lowest BCUT2D eigenvalue weighted by Gasteiger charge is -2.51. The maximum Gasteiger partial charge on any atom is 0.312 e. The van der Waals surface area contributed by atoms with Crippen molar-refractivity contribution in [1.82, 2.24) is 0 Å². The lowest BCUT2D eigenvalue weighted by atomic mass is 9.83. The molecule has 172 valence electrons. The van der Waals surface area contributed by atoms with Crippen LogP contribution < -0.4 is 4.74 Å². The average molecular weight is 456 g/mol. The molecule has 0 aliphatic carbocycles. The van der Waals surface area contributed by atoms with E-state index in [0.717, 1.165) is 31.0 Å². The summed E-state index contributed by atoms with van der Waals surface area (Å²) < 4.78 is 89.7. The molecule has 0 saturated carbocycles. The summed E-state index contributed by atoms with van der Waals surface area (Å²) in [5.41, 5.74) is -0.0897. The van der Waals surface area contributed by atoms with Crippen LogP contribution in [0.25, 0.3) is 11.1 Å². The summed E-state index contributed by atoms with van der Waals surface area (Å²) in [5.74, 6) is -5.48. The molecule has 2 bridgehead atoms. The third kappa shape index (κ3) is 4.24. The number of rotatable bonds is 7. The molecule has 2 aromatic carbocycles. The summed E-state index contributed by atoms with van der Waals surface area (Å²) in [6, 6.07) is 5.69. The van der Waals surface area contributed by atoms with E-state index >= 15 is 0 Å². The topological polar surface area (TPSA) is 36.9 Å². The molecule has 0 N–H and O–H groups in total. The Morgan fingerprint density at radius 3 is 2.12 bits per heavy atom. The SMILES string of the molecule is CCCC12COC(c3ccc(-c4cc(F)c(OC=CC(F)F)c(F)c4)c(F)c3)(OC1)OC2. The quantitative estimate of drug-likeness (QED) is 0.384. The van der Waals surface area contributed by atoms with Crippen molar-refractivity contribution < 1.29 is 40.9 Å². The Balaban J connectivity index is 1.57. The first kappa shape index (κ1) is 22.7. The molecule has 9 heteroatoms. The highest BCUT2D eigenvalue weighted by atomic mass is 19.3. The summed E-state index contributed by atoms with van der Waals surface area (Å²) in [5, 5.41) is 0. The zero-order chi connectivity index (χ0) is 22.9. The summed E-state index contributed by atoms with van der Waals surface area (Å²) in [4.78, 5) is 0. The van der Waals surface area contributed by atoms with Crippen LogP contribution in [-0.4, -0.2) is 26.2 Å². The highest BCUT2D eigenvalue weighted by molar-refractivity contribution is 5.66. The van der Waals surface area contributed by atoms with E-state index in [1.807, 2.05) is 0 Å². The van der Waals surface area contributed by atoms with Crippen LogP contribution in [0.5, 0.6) is 5.75 Å². The van der Waals surface area contributed by atoms with Gasteiger partial charge in [0.2, 0.25) is 0 Å². The van der Waals surface area contributed by atoms with Crippen LogP contribution in [0.2, 0.25) is 0 Å². The first-order valence-corrected chi connectivity index (χ1v) is 10.1. The molecule has 0 radical (unpaired) electrons. The number of ether oxygens (including phenoxy) is 4. The minimum absolute atomic E-state index is 0.0791. The fourth-order valence-electron chi connectivity index (χ4n) is 3.93. The van der Waals surface area contributed by atoms with Crippen molar-refractivity contribution in [2.45, 2.75) is 32.2 Å². The molecule has 3 heterocycles. The molecule has 0 unspecified atom stereocenters. The Labute approximate surface area is 181 Å². The first-order valence-electron chi connectivity index (χ1n) is 10.1. The van der Waals surface area contributed by atoms with E-state index in [0.29, 0.717) is 37.7 Å². The van der Waals surface area contributed by atoms with Crippen LogP contribution in [0, 0.1) is 22.9 Å². The van der Waals surface area contributed by atoms with Crippen molar-refractivity contribution in [3.63, 3.8) is 0 Å². The van der Waals surface area contributed by atoms with E-state index in [1.165, 1.54) is 12.1 Å². The first-order chi connectivity index (χ1) is 15.3. The zero-order valence-corrected chi connectivity index (χ0v) is 17.2. The van der Waals surface area contributed by atoms with Crippen LogP contribution in [-0.2, 0) is 20.2 Å². The number of hydrogen-bond donors (Lipinski definition) is 0. The minimum atomic E-state index is -2.83. The van der Waals surface area contributed by atoms with E-state index in [1.54, 1.807) is 0 Å². The molecule has 2 aromatic rings. The van der Waals surface area contributed by atoms with Crippen molar-refractivity contribution in [2.24, 2.45) is 5.41 Å². The second kappa shape index (κ2) is 8.80. The van der Waals surface area contributed by atoms with Gasteiger partial charge in [-0.25, -0.2) is 22.0 Å². The summed E-state index contributed by atoms with van der Waals surface area (Å²) in [6.07, 6.45) is -0.179. The molecule has 3 aliphatic rings. The van der Waals surface area contributed by atoms with Crippen LogP contribution in [0.1, 0.15) is 25.3 Å². The molecule has 3 saturated heterocycles. The fraction of sp³-hybridized carbons (Fsp3) is 0.391. The fourth-order valence-corrected chi connectivity index (χ4v) is 3.93. The number of hydrogen-bond acceptors (Lipinski definition) is 4. The summed E-state index contributed by atoms with van der Waals surface area (Å²) in [6.45, 7) is 3.32. The molecule has 0 aromatic heterocycles. The van der Waals surface area contributed by atoms with Gasteiger partial charge in [0.25, 0.3) is 6.43 Å². The zero-order valence-electron chi connectivity index (χ0n) is 17.2. The van der Waals surface area contributed by atoms with Crippen LogP contribution >= 0.6 is 0 Å². The second-order valence-corrected chi connectivity index (χ2v) is 7.92. The third-order valence-corrected chi connectivity index (χ3v) is 5.53.